The second-order valence-corrected chi connectivity index (χ2v) is 14.5. The summed E-state index contributed by atoms with van der Waals surface area (Å²) in [6.45, 7) is 19.6. The van der Waals surface area contributed by atoms with Crippen LogP contribution >= 0.6 is 0 Å². The summed E-state index contributed by atoms with van der Waals surface area (Å²) < 4.78 is 0. The molecule has 4 N–H and O–H groups in total. The van der Waals surface area contributed by atoms with Gasteiger partial charge in [-0.3, -0.25) is 0 Å². The van der Waals surface area contributed by atoms with Crippen molar-refractivity contribution in [1.82, 2.24) is 5.32 Å². The standard InChI is InChI=1S/C30H52N2O/c1-20(18-31)21-10-14-30(19-33)16-15-28(5)22(25(21)30)8-9-24-27(4)12-7-17-32-26(2,3)23(27)11-13-29(24,28)6/h21-25,32-33H,1,7-19,31H2,2-6H3/t21-,22+,23-,24+,25+,27-,28+,29+,30+/m0/s1. The second kappa shape index (κ2) is 7.81. The molecule has 0 radical (unpaired) electrons. The summed E-state index contributed by atoms with van der Waals surface area (Å²) in [6.07, 6.45) is 13.0. The van der Waals surface area contributed by atoms with E-state index in [2.05, 4.69) is 46.5 Å². The molecule has 0 unspecified atom stereocenters. The molecule has 188 valence electrons. The predicted molar refractivity (Wildman–Crippen MR) is 138 cm³/mol. The van der Waals surface area contributed by atoms with Crippen molar-refractivity contribution in [1.29, 1.82) is 0 Å². The number of fused-ring (bicyclic) bond motifs is 7. The Balaban J connectivity index is 1.55. The van der Waals surface area contributed by atoms with Crippen molar-refractivity contribution >= 4 is 0 Å². The highest BCUT2D eigenvalue weighted by molar-refractivity contribution is 5.22. The molecule has 5 rings (SSSR count). The fraction of sp³-hybridized carbons (Fsp3) is 0.933. The van der Waals surface area contributed by atoms with Crippen LogP contribution in [0.2, 0.25) is 0 Å². The Morgan fingerprint density at radius 2 is 1.67 bits per heavy atom. The quantitative estimate of drug-likeness (QED) is 0.462. The van der Waals surface area contributed by atoms with Gasteiger partial charge in [0, 0.05) is 18.7 Å². The maximum absolute atomic E-state index is 10.7. The monoisotopic (exact) mass is 456 g/mol. The highest BCUT2D eigenvalue weighted by Gasteiger charge is 2.70. The third kappa shape index (κ3) is 3.10. The summed E-state index contributed by atoms with van der Waals surface area (Å²) in [5.74, 6) is 3.37. The van der Waals surface area contributed by atoms with E-state index in [4.69, 9.17) is 5.73 Å². The lowest BCUT2D eigenvalue weighted by atomic mass is 9.33. The summed E-state index contributed by atoms with van der Waals surface area (Å²) in [6, 6.07) is 0. The van der Waals surface area contributed by atoms with Crippen molar-refractivity contribution < 1.29 is 5.11 Å². The zero-order valence-corrected chi connectivity index (χ0v) is 22.3. The second-order valence-electron chi connectivity index (χ2n) is 14.5. The van der Waals surface area contributed by atoms with Crippen molar-refractivity contribution in [2.45, 2.75) is 104 Å². The van der Waals surface area contributed by atoms with Crippen LogP contribution in [0.5, 0.6) is 0 Å². The predicted octanol–water partition coefficient (Wildman–Crippen LogP) is 5.92. The molecule has 5 fully saturated rings. The zero-order chi connectivity index (χ0) is 23.9. The summed E-state index contributed by atoms with van der Waals surface area (Å²) in [5, 5.41) is 14.6. The molecule has 4 aliphatic carbocycles. The number of hydrogen-bond acceptors (Lipinski definition) is 3. The number of nitrogens with two attached hydrogens (primary N) is 1. The average molecular weight is 457 g/mol. The van der Waals surface area contributed by atoms with Crippen LogP contribution in [-0.2, 0) is 0 Å². The minimum atomic E-state index is 0.117. The molecule has 0 aromatic heterocycles. The molecule has 33 heavy (non-hydrogen) atoms. The van der Waals surface area contributed by atoms with Crippen LogP contribution in [0.25, 0.3) is 0 Å². The first-order chi connectivity index (χ1) is 15.5. The normalized spacial score (nSPS) is 53.2. The van der Waals surface area contributed by atoms with Crippen molar-refractivity contribution in [3.63, 3.8) is 0 Å². The Kier molecular flexibility index (Phi) is 5.75. The smallest absolute Gasteiger partial charge is 0.0490 e. The van der Waals surface area contributed by atoms with E-state index in [1.165, 1.54) is 76.3 Å². The van der Waals surface area contributed by atoms with E-state index in [0.717, 1.165) is 11.8 Å². The topological polar surface area (TPSA) is 58.3 Å². The van der Waals surface area contributed by atoms with E-state index in [0.29, 0.717) is 47.2 Å². The minimum Gasteiger partial charge on any atom is -0.396 e. The Morgan fingerprint density at radius 1 is 0.909 bits per heavy atom. The molecule has 4 saturated carbocycles. The summed E-state index contributed by atoms with van der Waals surface area (Å²) in [4.78, 5) is 0. The van der Waals surface area contributed by atoms with E-state index in [1.54, 1.807) is 0 Å². The Morgan fingerprint density at radius 3 is 2.36 bits per heavy atom. The highest BCUT2D eigenvalue weighted by Crippen LogP contribution is 2.76. The van der Waals surface area contributed by atoms with Gasteiger partial charge >= 0.3 is 0 Å². The van der Waals surface area contributed by atoms with Crippen LogP contribution < -0.4 is 11.1 Å². The zero-order valence-electron chi connectivity index (χ0n) is 22.3. The lowest BCUT2D eigenvalue weighted by Crippen LogP contribution is -2.66. The van der Waals surface area contributed by atoms with Crippen molar-refractivity contribution in [2.24, 2.45) is 57.0 Å². The van der Waals surface area contributed by atoms with E-state index < -0.39 is 0 Å². The fourth-order valence-corrected chi connectivity index (χ4v) is 11.5. The van der Waals surface area contributed by atoms with Crippen LogP contribution in [0, 0.1) is 51.2 Å². The molecule has 0 aromatic rings. The van der Waals surface area contributed by atoms with E-state index >= 15 is 0 Å². The largest absolute Gasteiger partial charge is 0.396 e. The van der Waals surface area contributed by atoms with E-state index in [9.17, 15) is 5.11 Å². The van der Waals surface area contributed by atoms with Crippen LogP contribution in [0.15, 0.2) is 12.2 Å². The third-order valence-electron chi connectivity index (χ3n) is 13.3. The lowest BCUT2D eigenvalue weighted by Gasteiger charge is -2.71. The Labute approximate surface area is 203 Å². The molecule has 3 heteroatoms. The first-order valence-corrected chi connectivity index (χ1v) is 14.2. The van der Waals surface area contributed by atoms with Gasteiger partial charge in [-0.05, 0) is 136 Å². The molecular weight excluding hydrogens is 404 g/mol. The van der Waals surface area contributed by atoms with Crippen LogP contribution in [0.4, 0.5) is 0 Å². The summed E-state index contributed by atoms with van der Waals surface area (Å²) in [5.41, 5.74) is 8.93. The third-order valence-corrected chi connectivity index (χ3v) is 13.3. The van der Waals surface area contributed by atoms with Crippen molar-refractivity contribution in [3.05, 3.63) is 12.2 Å². The first-order valence-electron chi connectivity index (χ1n) is 14.2. The van der Waals surface area contributed by atoms with Crippen LogP contribution in [-0.4, -0.2) is 30.3 Å². The molecule has 0 spiro atoms. The van der Waals surface area contributed by atoms with Gasteiger partial charge in [0.2, 0.25) is 0 Å². The number of rotatable bonds is 3. The molecule has 5 aliphatic rings. The lowest BCUT2D eigenvalue weighted by molar-refractivity contribution is -0.226. The minimum absolute atomic E-state index is 0.117. The van der Waals surface area contributed by atoms with Gasteiger partial charge in [-0.25, -0.2) is 0 Å². The Hall–Kier alpha value is -0.380. The van der Waals surface area contributed by atoms with Gasteiger partial charge in [0.25, 0.3) is 0 Å². The van der Waals surface area contributed by atoms with Crippen molar-refractivity contribution in [2.75, 3.05) is 19.7 Å². The van der Waals surface area contributed by atoms with E-state index in [1.807, 2.05) is 0 Å². The van der Waals surface area contributed by atoms with Crippen LogP contribution in [0.1, 0.15) is 98.8 Å². The molecule has 1 aliphatic heterocycles. The van der Waals surface area contributed by atoms with Gasteiger partial charge in [0.15, 0.2) is 0 Å². The molecule has 1 saturated heterocycles. The van der Waals surface area contributed by atoms with Gasteiger partial charge < -0.3 is 16.2 Å². The molecular formula is C30H52N2O. The number of aliphatic hydroxyl groups is 1. The number of aliphatic hydroxyl groups excluding tert-OH is 1. The van der Waals surface area contributed by atoms with Gasteiger partial charge in [-0.2, -0.15) is 0 Å². The van der Waals surface area contributed by atoms with Gasteiger partial charge in [-0.1, -0.05) is 32.9 Å². The maximum Gasteiger partial charge on any atom is 0.0490 e. The van der Waals surface area contributed by atoms with Gasteiger partial charge in [-0.15, -0.1) is 0 Å². The SMILES string of the molecule is C=C(CN)[C@@H]1CC[C@]2(CO)CC[C@]3(C)[C@H](CC[C@@H]4[C@@]5(C)CCCNC(C)(C)[C@@H]5CC[C@]43C)[C@@H]12. The molecule has 0 bridgehead atoms. The highest BCUT2D eigenvalue weighted by atomic mass is 16.3. The molecule has 0 aromatic carbocycles. The molecule has 0 amide bonds. The fourth-order valence-electron chi connectivity index (χ4n) is 11.5. The maximum atomic E-state index is 10.7. The number of nitrogens with one attached hydrogen (secondary N) is 1. The van der Waals surface area contributed by atoms with Gasteiger partial charge in [0.05, 0.1) is 0 Å². The molecule has 9 atom stereocenters. The van der Waals surface area contributed by atoms with Crippen LogP contribution in [0.3, 0.4) is 0 Å². The van der Waals surface area contributed by atoms with Gasteiger partial charge in [0.1, 0.15) is 0 Å². The number of hydrogen-bond donors (Lipinski definition) is 3. The summed E-state index contributed by atoms with van der Waals surface area (Å²) >= 11 is 0. The Bertz CT molecular complexity index is 792. The average Bonchev–Trinajstić information content (AvgIpc) is 3.11. The molecule has 3 nitrogen and oxygen atoms in total. The first kappa shape index (κ1) is 24.3. The molecule has 1 heterocycles. The summed E-state index contributed by atoms with van der Waals surface area (Å²) in [7, 11) is 0. The van der Waals surface area contributed by atoms with Crippen molar-refractivity contribution in [3.8, 4) is 0 Å². The van der Waals surface area contributed by atoms with E-state index in [-0.39, 0.29) is 11.0 Å².